The van der Waals surface area contributed by atoms with Crippen LogP contribution in [-0.4, -0.2) is 22.7 Å². The van der Waals surface area contributed by atoms with E-state index in [4.69, 9.17) is 4.74 Å². The van der Waals surface area contributed by atoms with Gasteiger partial charge in [-0.2, -0.15) is 0 Å². The number of hydrogen-bond donors (Lipinski definition) is 1. The lowest BCUT2D eigenvalue weighted by molar-refractivity contribution is -0.116. The fourth-order valence-electron chi connectivity index (χ4n) is 2.05. The monoisotopic (exact) mass is 411 g/mol. The number of hydrogen-bond acceptors (Lipinski definition) is 5. The summed E-state index contributed by atoms with van der Waals surface area (Å²) in [6, 6.07) is 5.94. The summed E-state index contributed by atoms with van der Waals surface area (Å²) < 4.78 is 6.62. The Morgan fingerprint density at radius 3 is 2.92 bits per heavy atom. The maximum Gasteiger partial charge on any atom is 0.226 e. The van der Waals surface area contributed by atoms with Crippen molar-refractivity contribution >= 4 is 38.3 Å². The van der Waals surface area contributed by atoms with Crippen LogP contribution in [0.5, 0.6) is 5.75 Å². The van der Waals surface area contributed by atoms with E-state index in [2.05, 4.69) is 38.4 Å². The number of benzene rings is 1. The highest BCUT2D eigenvalue weighted by molar-refractivity contribution is 9.10. The number of unbranched alkanes of at least 4 members (excludes halogenated alkanes) is 1. The number of ether oxygens (including phenoxy) is 1. The normalized spacial score (nSPS) is 10.6. The molecule has 0 unspecified atom stereocenters. The summed E-state index contributed by atoms with van der Waals surface area (Å²) >= 11 is 4.92. The first-order valence-corrected chi connectivity index (χ1v) is 9.70. The summed E-state index contributed by atoms with van der Waals surface area (Å²) in [5.74, 6) is 0.741. The molecule has 24 heavy (non-hydrogen) atoms. The number of nitrogens with zero attached hydrogens (tertiary/aromatic N) is 2. The molecule has 1 heterocycles. The topological polar surface area (TPSA) is 64.1 Å². The molecule has 130 valence electrons. The summed E-state index contributed by atoms with van der Waals surface area (Å²) in [7, 11) is 0. The molecule has 0 atom stereocenters. The molecule has 1 aromatic heterocycles. The number of halogens is 1. The molecular formula is C17H22BrN3O2S. The Morgan fingerprint density at radius 1 is 1.33 bits per heavy atom. The molecule has 1 amide bonds. The Labute approximate surface area is 155 Å². The smallest absolute Gasteiger partial charge is 0.226 e. The molecule has 0 radical (unpaired) electrons. The van der Waals surface area contributed by atoms with Crippen LogP contribution in [0.15, 0.2) is 22.7 Å². The van der Waals surface area contributed by atoms with Gasteiger partial charge in [0.05, 0.1) is 11.1 Å². The molecule has 0 bridgehead atoms. The zero-order valence-electron chi connectivity index (χ0n) is 14.0. The molecule has 0 spiro atoms. The third kappa shape index (κ3) is 6.20. The van der Waals surface area contributed by atoms with E-state index in [1.807, 2.05) is 25.1 Å². The number of amides is 1. The molecule has 0 saturated carbocycles. The minimum atomic E-state index is -0.0558. The van der Waals surface area contributed by atoms with E-state index in [-0.39, 0.29) is 5.91 Å². The zero-order valence-corrected chi connectivity index (χ0v) is 16.4. The molecular weight excluding hydrogens is 390 g/mol. The molecule has 0 fully saturated rings. The van der Waals surface area contributed by atoms with Crippen LogP contribution in [0.1, 0.15) is 43.2 Å². The summed E-state index contributed by atoms with van der Waals surface area (Å²) in [5.41, 5.74) is 1.17. The second-order valence-corrected chi connectivity index (χ2v) is 7.45. The third-order valence-corrected chi connectivity index (χ3v) is 4.87. The van der Waals surface area contributed by atoms with Gasteiger partial charge in [0.15, 0.2) is 0 Å². The summed E-state index contributed by atoms with van der Waals surface area (Å²) in [5, 5.41) is 12.4. The molecule has 2 aromatic rings. The number of rotatable bonds is 9. The average molecular weight is 412 g/mol. The Bertz CT molecular complexity index is 676. The Kier molecular flexibility index (Phi) is 7.65. The lowest BCUT2D eigenvalue weighted by atomic mass is 10.2. The van der Waals surface area contributed by atoms with E-state index in [0.717, 1.165) is 34.5 Å². The first kappa shape index (κ1) is 18.9. The van der Waals surface area contributed by atoms with Gasteiger partial charge in [0.25, 0.3) is 0 Å². The highest BCUT2D eigenvalue weighted by Gasteiger charge is 2.08. The third-order valence-electron chi connectivity index (χ3n) is 3.35. The fraction of sp³-hybridized carbons (Fsp3) is 0.471. The van der Waals surface area contributed by atoms with Crippen molar-refractivity contribution in [2.24, 2.45) is 0 Å². The van der Waals surface area contributed by atoms with E-state index in [1.165, 1.54) is 16.9 Å². The number of carbonyl (C=O) groups excluding carboxylic acids is 1. The Balaban J connectivity index is 1.68. The molecule has 1 N–H and O–H groups in total. The SMILES string of the molecule is CCCCc1nnc(NC(=O)CCCOc2ccc(C)cc2Br)s1. The number of aryl methyl sites for hydroxylation is 2. The van der Waals surface area contributed by atoms with Gasteiger partial charge in [-0.05, 0) is 53.4 Å². The second kappa shape index (κ2) is 9.74. The van der Waals surface area contributed by atoms with Crippen molar-refractivity contribution in [2.45, 2.75) is 46.0 Å². The van der Waals surface area contributed by atoms with Gasteiger partial charge in [0.1, 0.15) is 10.8 Å². The van der Waals surface area contributed by atoms with Gasteiger partial charge in [-0.3, -0.25) is 4.79 Å². The van der Waals surface area contributed by atoms with Gasteiger partial charge in [0, 0.05) is 12.8 Å². The molecule has 1 aromatic carbocycles. The number of nitrogens with one attached hydrogen (secondary N) is 1. The maximum atomic E-state index is 11.9. The van der Waals surface area contributed by atoms with Gasteiger partial charge in [-0.1, -0.05) is 30.7 Å². The van der Waals surface area contributed by atoms with Crippen LogP contribution in [0.4, 0.5) is 5.13 Å². The first-order valence-electron chi connectivity index (χ1n) is 8.09. The number of aromatic nitrogens is 2. The van der Waals surface area contributed by atoms with E-state index >= 15 is 0 Å². The van der Waals surface area contributed by atoms with Crippen LogP contribution < -0.4 is 10.1 Å². The standard InChI is InChI=1S/C17H22BrN3O2S/c1-3-4-7-16-20-21-17(24-16)19-15(22)6-5-10-23-14-9-8-12(2)11-13(14)18/h8-9,11H,3-7,10H2,1-2H3,(H,19,21,22). The predicted octanol–water partition coefficient (Wildman–Crippen LogP) is 4.75. The van der Waals surface area contributed by atoms with Gasteiger partial charge in [-0.15, -0.1) is 10.2 Å². The van der Waals surface area contributed by atoms with E-state index in [9.17, 15) is 4.79 Å². The van der Waals surface area contributed by atoms with Crippen molar-refractivity contribution in [2.75, 3.05) is 11.9 Å². The molecule has 7 heteroatoms. The van der Waals surface area contributed by atoms with Crippen LogP contribution in [-0.2, 0) is 11.2 Å². The van der Waals surface area contributed by atoms with Crippen molar-refractivity contribution in [1.82, 2.24) is 10.2 Å². The van der Waals surface area contributed by atoms with E-state index < -0.39 is 0 Å². The van der Waals surface area contributed by atoms with Crippen LogP contribution >= 0.6 is 27.3 Å². The van der Waals surface area contributed by atoms with Crippen LogP contribution in [0.25, 0.3) is 0 Å². The van der Waals surface area contributed by atoms with E-state index in [1.54, 1.807) is 0 Å². The van der Waals surface area contributed by atoms with Crippen molar-refractivity contribution in [3.05, 3.63) is 33.2 Å². The molecule has 5 nitrogen and oxygen atoms in total. The minimum absolute atomic E-state index is 0.0558. The lowest BCUT2D eigenvalue weighted by Crippen LogP contribution is -2.12. The van der Waals surface area contributed by atoms with Crippen LogP contribution in [0.2, 0.25) is 0 Å². The Hall–Kier alpha value is -1.47. The largest absolute Gasteiger partial charge is 0.492 e. The van der Waals surface area contributed by atoms with Gasteiger partial charge in [0.2, 0.25) is 11.0 Å². The summed E-state index contributed by atoms with van der Waals surface area (Å²) in [4.78, 5) is 11.9. The highest BCUT2D eigenvalue weighted by Crippen LogP contribution is 2.25. The molecule has 0 saturated heterocycles. The van der Waals surface area contributed by atoms with E-state index in [0.29, 0.717) is 24.6 Å². The summed E-state index contributed by atoms with van der Waals surface area (Å²) in [6.45, 7) is 4.66. The van der Waals surface area contributed by atoms with Crippen LogP contribution in [0.3, 0.4) is 0 Å². The maximum absolute atomic E-state index is 11.9. The summed E-state index contributed by atoms with van der Waals surface area (Å²) in [6.07, 6.45) is 4.18. The number of carbonyl (C=O) groups is 1. The van der Waals surface area contributed by atoms with Crippen molar-refractivity contribution < 1.29 is 9.53 Å². The van der Waals surface area contributed by atoms with Crippen molar-refractivity contribution in [3.8, 4) is 5.75 Å². The van der Waals surface area contributed by atoms with Gasteiger partial charge < -0.3 is 10.1 Å². The molecule has 0 aliphatic heterocycles. The van der Waals surface area contributed by atoms with Crippen molar-refractivity contribution in [3.63, 3.8) is 0 Å². The molecule has 0 aliphatic rings. The van der Waals surface area contributed by atoms with Crippen LogP contribution in [0, 0.1) is 6.92 Å². The van der Waals surface area contributed by atoms with Gasteiger partial charge >= 0.3 is 0 Å². The fourth-order valence-corrected chi connectivity index (χ4v) is 3.46. The molecule has 2 rings (SSSR count). The van der Waals surface area contributed by atoms with Gasteiger partial charge in [-0.25, -0.2) is 0 Å². The second-order valence-electron chi connectivity index (χ2n) is 5.54. The number of anilines is 1. The zero-order chi connectivity index (χ0) is 17.4. The first-order chi connectivity index (χ1) is 11.6. The lowest BCUT2D eigenvalue weighted by Gasteiger charge is -2.08. The predicted molar refractivity (Wildman–Crippen MR) is 101 cm³/mol. The molecule has 0 aliphatic carbocycles. The highest BCUT2D eigenvalue weighted by atomic mass is 79.9. The Morgan fingerprint density at radius 2 is 2.17 bits per heavy atom. The minimum Gasteiger partial charge on any atom is -0.492 e. The average Bonchev–Trinajstić information content (AvgIpc) is 2.98. The quantitative estimate of drug-likeness (QED) is 0.604. The van der Waals surface area contributed by atoms with Crippen molar-refractivity contribution in [1.29, 1.82) is 0 Å².